The van der Waals surface area contributed by atoms with Crippen LogP contribution in [0.25, 0.3) is 17.1 Å². The third-order valence-electron chi connectivity index (χ3n) is 2.93. The zero-order chi connectivity index (χ0) is 15.9. The molecule has 2 aromatic heterocycles. The first-order valence-corrected chi connectivity index (χ1v) is 6.83. The van der Waals surface area contributed by atoms with E-state index in [9.17, 15) is 17.6 Å². The van der Waals surface area contributed by atoms with Crippen LogP contribution in [0.1, 0.15) is 5.69 Å². The van der Waals surface area contributed by atoms with Crippen molar-refractivity contribution in [1.29, 1.82) is 0 Å². The zero-order valence-corrected chi connectivity index (χ0v) is 12.3. The topological polar surface area (TPSA) is 31.0 Å². The van der Waals surface area contributed by atoms with E-state index in [0.29, 0.717) is 4.68 Å². The highest BCUT2D eigenvalue weighted by Gasteiger charge is 2.37. The smallest absolute Gasteiger partial charge is 0.433 e. The summed E-state index contributed by atoms with van der Waals surface area (Å²) in [5, 5.41) is 3.83. The molecule has 0 bridgehead atoms. The summed E-state index contributed by atoms with van der Waals surface area (Å²) in [4.78, 5) is 0. The predicted octanol–water partition coefficient (Wildman–Crippen LogP) is 5.05. The number of furan rings is 1. The van der Waals surface area contributed by atoms with Gasteiger partial charge in [0.15, 0.2) is 11.6 Å². The molecule has 2 heterocycles. The lowest BCUT2D eigenvalue weighted by molar-refractivity contribution is -0.142. The fourth-order valence-electron chi connectivity index (χ4n) is 1.97. The van der Waals surface area contributed by atoms with Crippen LogP contribution >= 0.6 is 15.9 Å². The van der Waals surface area contributed by atoms with Crippen molar-refractivity contribution < 1.29 is 22.0 Å². The van der Waals surface area contributed by atoms with Gasteiger partial charge in [0.2, 0.25) is 0 Å². The van der Waals surface area contributed by atoms with Gasteiger partial charge in [0.1, 0.15) is 17.1 Å². The Hall–Kier alpha value is -2.09. The third kappa shape index (κ3) is 2.54. The van der Waals surface area contributed by atoms with Crippen LogP contribution in [0, 0.1) is 5.82 Å². The molecule has 0 aliphatic carbocycles. The van der Waals surface area contributed by atoms with E-state index in [0.717, 1.165) is 6.07 Å². The largest absolute Gasteiger partial charge is 0.463 e. The molecule has 3 nitrogen and oxygen atoms in total. The standard InChI is InChI=1S/C14H7BrF4N2O/c15-8-3-1-4-10(13(8)16)21-12(14(17,18)19)7-9(20-21)11-5-2-6-22-11/h1-7H. The van der Waals surface area contributed by atoms with E-state index < -0.39 is 17.7 Å². The van der Waals surface area contributed by atoms with Crippen LogP contribution < -0.4 is 0 Å². The molecule has 22 heavy (non-hydrogen) atoms. The molecule has 3 aromatic rings. The van der Waals surface area contributed by atoms with Crippen LogP contribution in [0.15, 0.2) is 51.6 Å². The van der Waals surface area contributed by atoms with E-state index >= 15 is 0 Å². The molecule has 3 rings (SSSR count). The number of halogens is 5. The second kappa shape index (κ2) is 5.28. The summed E-state index contributed by atoms with van der Waals surface area (Å²) >= 11 is 2.95. The van der Waals surface area contributed by atoms with Crippen molar-refractivity contribution in [2.45, 2.75) is 6.18 Å². The van der Waals surface area contributed by atoms with Crippen molar-refractivity contribution >= 4 is 15.9 Å². The number of hydrogen-bond acceptors (Lipinski definition) is 2. The molecule has 0 saturated carbocycles. The van der Waals surface area contributed by atoms with Gasteiger partial charge in [-0.05, 0) is 40.2 Å². The van der Waals surface area contributed by atoms with Crippen LogP contribution in [0.2, 0.25) is 0 Å². The number of nitrogens with zero attached hydrogens (tertiary/aromatic N) is 2. The van der Waals surface area contributed by atoms with Crippen molar-refractivity contribution in [3.63, 3.8) is 0 Å². The summed E-state index contributed by atoms with van der Waals surface area (Å²) in [6.45, 7) is 0. The van der Waals surface area contributed by atoms with Crippen molar-refractivity contribution in [1.82, 2.24) is 9.78 Å². The highest BCUT2D eigenvalue weighted by atomic mass is 79.9. The Morgan fingerprint density at radius 3 is 2.55 bits per heavy atom. The minimum atomic E-state index is -4.69. The Labute approximate surface area is 130 Å². The van der Waals surface area contributed by atoms with Gasteiger partial charge in [-0.3, -0.25) is 0 Å². The second-order valence-electron chi connectivity index (χ2n) is 4.37. The fourth-order valence-corrected chi connectivity index (χ4v) is 2.32. The van der Waals surface area contributed by atoms with Crippen LogP contribution in [0.4, 0.5) is 17.6 Å². The Bertz CT molecular complexity index is 809. The summed E-state index contributed by atoms with van der Waals surface area (Å²) in [5.74, 6) is -0.665. The number of rotatable bonds is 2. The molecular formula is C14H7BrF4N2O. The highest BCUT2D eigenvalue weighted by molar-refractivity contribution is 9.10. The van der Waals surface area contributed by atoms with E-state index in [2.05, 4.69) is 21.0 Å². The summed E-state index contributed by atoms with van der Waals surface area (Å²) in [6.07, 6.45) is -3.37. The van der Waals surface area contributed by atoms with Crippen LogP contribution in [0.3, 0.4) is 0 Å². The van der Waals surface area contributed by atoms with Crippen molar-refractivity contribution in [2.24, 2.45) is 0 Å². The molecule has 0 unspecified atom stereocenters. The Kier molecular flexibility index (Phi) is 3.56. The Morgan fingerprint density at radius 2 is 1.91 bits per heavy atom. The first kappa shape index (κ1) is 14.8. The fraction of sp³-hybridized carbons (Fsp3) is 0.0714. The molecule has 1 aromatic carbocycles. The Balaban J connectivity index is 2.24. The first-order chi connectivity index (χ1) is 10.4. The van der Waals surface area contributed by atoms with Crippen LogP contribution in [-0.2, 0) is 6.18 Å². The van der Waals surface area contributed by atoms with E-state index in [1.54, 1.807) is 0 Å². The molecule has 8 heteroatoms. The maximum atomic E-state index is 14.1. The van der Waals surface area contributed by atoms with Gasteiger partial charge in [0.25, 0.3) is 0 Å². The maximum absolute atomic E-state index is 14.1. The van der Waals surface area contributed by atoms with Crippen molar-refractivity contribution in [2.75, 3.05) is 0 Å². The average molecular weight is 375 g/mol. The van der Waals surface area contributed by atoms with Gasteiger partial charge in [-0.1, -0.05) is 6.07 Å². The van der Waals surface area contributed by atoms with Crippen molar-refractivity contribution in [3.8, 4) is 17.1 Å². The molecule has 114 valence electrons. The lowest BCUT2D eigenvalue weighted by Crippen LogP contribution is -2.14. The lowest BCUT2D eigenvalue weighted by atomic mass is 10.2. The Morgan fingerprint density at radius 1 is 1.14 bits per heavy atom. The van der Waals surface area contributed by atoms with E-state index in [1.165, 1.54) is 36.6 Å². The molecule has 0 aliphatic rings. The average Bonchev–Trinajstić information content (AvgIpc) is 3.08. The van der Waals surface area contributed by atoms with Gasteiger partial charge >= 0.3 is 6.18 Å². The third-order valence-corrected chi connectivity index (χ3v) is 3.55. The van der Waals surface area contributed by atoms with Gasteiger partial charge in [-0.2, -0.15) is 18.3 Å². The molecule has 0 fully saturated rings. The second-order valence-corrected chi connectivity index (χ2v) is 5.23. The normalized spacial score (nSPS) is 11.9. The summed E-state index contributed by atoms with van der Waals surface area (Å²) in [5.41, 5.74) is -1.42. The van der Waals surface area contributed by atoms with Gasteiger partial charge in [-0.15, -0.1) is 0 Å². The highest BCUT2D eigenvalue weighted by Crippen LogP contribution is 2.35. The van der Waals surface area contributed by atoms with Crippen molar-refractivity contribution in [3.05, 3.63) is 58.6 Å². The molecule has 0 spiro atoms. The van der Waals surface area contributed by atoms with E-state index in [-0.39, 0.29) is 21.6 Å². The van der Waals surface area contributed by atoms with Gasteiger partial charge in [-0.25, -0.2) is 9.07 Å². The molecule has 0 radical (unpaired) electrons. The minimum absolute atomic E-state index is 0.0308. The van der Waals surface area contributed by atoms with Crippen LogP contribution in [-0.4, -0.2) is 9.78 Å². The first-order valence-electron chi connectivity index (χ1n) is 6.03. The van der Waals surface area contributed by atoms with Gasteiger partial charge in [0, 0.05) is 6.07 Å². The number of benzene rings is 1. The minimum Gasteiger partial charge on any atom is -0.463 e. The number of aromatic nitrogens is 2. The molecule has 0 amide bonds. The molecule has 0 saturated heterocycles. The summed E-state index contributed by atoms with van der Waals surface area (Å²) in [7, 11) is 0. The monoisotopic (exact) mass is 374 g/mol. The van der Waals surface area contributed by atoms with Gasteiger partial charge < -0.3 is 4.42 Å². The summed E-state index contributed by atoms with van der Waals surface area (Å²) < 4.78 is 59.3. The van der Waals surface area contributed by atoms with E-state index in [4.69, 9.17) is 4.42 Å². The van der Waals surface area contributed by atoms with E-state index in [1.807, 2.05) is 0 Å². The maximum Gasteiger partial charge on any atom is 0.433 e. The SMILES string of the molecule is Fc1c(Br)cccc1-n1nc(-c2ccco2)cc1C(F)(F)F. The molecule has 0 aliphatic heterocycles. The lowest BCUT2D eigenvalue weighted by Gasteiger charge is -2.11. The zero-order valence-electron chi connectivity index (χ0n) is 10.7. The summed E-state index contributed by atoms with van der Waals surface area (Å²) in [6, 6.07) is 7.86. The number of hydrogen-bond donors (Lipinski definition) is 0. The number of alkyl halides is 3. The quantitative estimate of drug-likeness (QED) is 0.587. The molecular weight excluding hydrogens is 368 g/mol. The molecule has 0 N–H and O–H groups in total. The molecule has 0 atom stereocenters. The van der Waals surface area contributed by atoms with Gasteiger partial charge in [0.05, 0.1) is 10.7 Å². The predicted molar refractivity (Wildman–Crippen MR) is 73.9 cm³/mol. The van der Waals surface area contributed by atoms with Crippen LogP contribution in [0.5, 0.6) is 0 Å².